The van der Waals surface area contributed by atoms with Crippen molar-refractivity contribution in [2.24, 2.45) is 5.73 Å². The van der Waals surface area contributed by atoms with Gasteiger partial charge in [-0.15, -0.1) is 0 Å². The van der Waals surface area contributed by atoms with Gasteiger partial charge in [-0.05, 0) is 6.07 Å². The van der Waals surface area contributed by atoms with Crippen LogP contribution in [0.15, 0.2) is 6.07 Å². The minimum atomic E-state index is -0.966. The van der Waals surface area contributed by atoms with Crippen LogP contribution >= 0.6 is 46.4 Å². The quantitative estimate of drug-likeness (QED) is 0.813. The molecular weight excluding hydrogens is 268 g/mol. The zero-order chi connectivity index (χ0) is 10.9. The largest absolute Gasteiger partial charge is 0.387 e. The maximum Gasteiger partial charge on any atom is 0.0942 e. The lowest BCUT2D eigenvalue weighted by molar-refractivity contribution is 0.187. The summed E-state index contributed by atoms with van der Waals surface area (Å²) in [6, 6.07) is 1.42. The Labute approximate surface area is 102 Å². The fourth-order valence-electron chi connectivity index (χ4n) is 1.00. The van der Waals surface area contributed by atoms with Crippen LogP contribution in [0.1, 0.15) is 11.7 Å². The van der Waals surface area contributed by atoms with Crippen molar-refractivity contribution in [3.63, 3.8) is 0 Å². The molecule has 78 valence electrons. The van der Waals surface area contributed by atoms with E-state index in [-0.39, 0.29) is 32.2 Å². The summed E-state index contributed by atoms with van der Waals surface area (Å²) in [5.74, 6) is 0. The average molecular weight is 275 g/mol. The first-order chi connectivity index (χ1) is 6.49. The maximum absolute atomic E-state index is 9.53. The number of aliphatic hydroxyl groups is 1. The molecular formula is C8H7Cl4NO. The van der Waals surface area contributed by atoms with Gasteiger partial charge in [-0.25, -0.2) is 0 Å². The van der Waals surface area contributed by atoms with E-state index in [0.717, 1.165) is 0 Å². The summed E-state index contributed by atoms with van der Waals surface area (Å²) in [6.45, 7) is -0.00386. The van der Waals surface area contributed by atoms with Gasteiger partial charge < -0.3 is 10.8 Å². The molecule has 1 aromatic rings. The molecule has 2 nitrogen and oxygen atoms in total. The van der Waals surface area contributed by atoms with Gasteiger partial charge in [-0.2, -0.15) is 0 Å². The molecule has 0 aromatic heterocycles. The fraction of sp³-hybridized carbons (Fsp3) is 0.250. The van der Waals surface area contributed by atoms with Crippen LogP contribution in [0.2, 0.25) is 20.1 Å². The highest BCUT2D eigenvalue weighted by atomic mass is 35.5. The Morgan fingerprint density at radius 3 is 1.93 bits per heavy atom. The Bertz CT molecular complexity index is 329. The highest BCUT2D eigenvalue weighted by molar-refractivity contribution is 6.48. The van der Waals surface area contributed by atoms with Gasteiger partial charge in [0.25, 0.3) is 0 Å². The second-order valence-corrected chi connectivity index (χ2v) is 4.20. The molecule has 1 unspecified atom stereocenters. The summed E-state index contributed by atoms with van der Waals surface area (Å²) in [5.41, 5.74) is 5.56. The summed E-state index contributed by atoms with van der Waals surface area (Å²) in [5, 5.41) is 10.4. The van der Waals surface area contributed by atoms with E-state index in [9.17, 15) is 5.11 Å². The van der Waals surface area contributed by atoms with Crippen LogP contribution in [0.5, 0.6) is 0 Å². The van der Waals surface area contributed by atoms with Gasteiger partial charge in [-0.1, -0.05) is 46.4 Å². The zero-order valence-corrected chi connectivity index (χ0v) is 9.92. The molecule has 0 amide bonds. The molecule has 0 bridgehead atoms. The molecule has 1 rings (SSSR count). The van der Waals surface area contributed by atoms with Crippen molar-refractivity contribution in [2.45, 2.75) is 6.10 Å². The van der Waals surface area contributed by atoms with Gasteiger partial charge >= 0.3 is 0 Å². The van der Waals surface area contributed by atoms with Gasteiger partial charge in [-0.3, -0.25) is 0 Å². The van der Waals surface area contributed by atoms with Crippen molar-refractivity contribution in [3.8, 4) is 0 Å². The summed E-state index contributed by atoms with van der Waals surface area (Å²) >= 11 is 23.2. The Morgan fingerprint density at radius 2 is 1.57 bits per heavy atom. The van der Waals surface area contributed by atoms with Crippen LogP contribution in [0, 0.1) is 0 Å². The van der Waals surface area contributed by atoms with Crippen LogP contribution in [-0.2, 0) is 0 Å². The van der Waals surface area contributed by atoms with Crippen molar-refractivity contribution < 1.29 is 5.11 Å². The second-order valence-electron chi connectivity index (χ2n) is 2.63. The third kappa shape index (κ3) is 2.27. The molecule has 0 saturated heterocycles. The van der Waals surface area contributed by atoms with E-state index in [2.05, 4.69) is 0 Å². The maximum atomic E-state index is 9.53. The Hall–Kier alpha value is 0.300. The van der Waals surface area contributed by atoms with Crippen LogP contribution in [0.4, 0.5) is 0 Å². The standard InChI is InChI=1S/C8H7Cl4NO/c9-3-1-4(10)8(12)6(7(3)11)5(14)2-13/h1,5,14H,2,13H2. The van der Waals surface area contributed by atoms with Crippen LogP contribution in [0.25, 0.3) is 0 Å². The monoisotopic (exact) mass is 273 g/mol. The molecule has 0 radical (unpaired) electrons. The molecule has 0 aliphatic heterocycles. The third-order valence-corrected chi connectivity index (χ3v) is 3.31. The topological polar surface area (TPSA) is 46.2 Å². The zero-order valence-electron chi connectivity index (χ0n) is 6.90. The minimum absolute atomic E-state index is 0.00386. The van der Waals surface area contributed by atoms with Gasteiger partial charge in [0.05, 0.1) is 26.2 Å². The summed E-state index contributed by atoms with van der Waals surface area (Å²) in [4.78, 5) is 0. The van der Waals surface area contributed by atoms with Gasteiger partial charge in [0.2, 0.25) is 0 Å². The molecule has 0 fully saturated rings. The first-order valence-corrected chi connectivity index (χ1v) is 5.21. The fourth-order valence-corrected chi connectivity index (χ4v) is 2.08. The smallest absolute Gasteiger partial charge is 0.0942 e. The number of halogens is 4. The van der Waals surface area contributed by atoms with E-state index in [4.69, 9.17) is 52.1 Å². The van der Waals surface area contributed by atoms with Gasteiger partial charge in [0, 0.05) is 12.1 Å². The predicted molar refractivity (Wildman–Crippen MR) is 60.5 cm³/mol. The second kappa shape index (κ2) is 4.88. The first kappa shape index (κ1) is 12.4. The van der Waals surface area contributed by atoms with Crippen molar-refractivity contribution in [2.75, 3.05) is 6.54 Å². The van der Waals surface area contributed by atoms with Crippen molar-refractivity contribution >= 4 is 46.4 Å². The molecule has 6 heteroatoms. The van der Waals surface area contributed by atoms with E-state index < -0.39 is 6.10 Å². The normalized spacial score (nSPS) is 13.0. The minimum Gasteiger partial charge on any atom is -0.387 e. The van der Waals surface area contributed by atoms with E-state index in [1.165, 1.54) is 6.07 Å². The number of benzene rings is 1. The highest BCUT2D eigenvalue weighted by Crippen LogP contribution is 2.39. The summed E-state index contributed by atoms with van der Waals surface area (Å²) in [6.07, 6.45) is -0.966. The lowest BCUT2D eigenvalue weighted by atomic mass is 10.1. The number of aliphatic hydroxyl groups excluding tert-OH is 1. The Morgan fingerprint density at radius 1 is 1.14 bits per heavy atom. The SMILES string of the molecule is NCC(O)c1c(Cl)c(Cl)cc(Cl)c1Cl. The Kier molecular flexibility index (Phi) is 4.31. The van der Waals surface area contributed by atoms with Crippen LogP contribution < -0.4 is 5.73 Å². The molecule has 3 N–H and O–H groups in total. The van der Waals surface area contributed by atoms with E-state index in [0.29, 0.717) is 0 Å². The molecule has 0 aliphatic carbocycles. The van der Waals surface area contributed by atoms with Crippen molar-refractivity contribution in [1.29, 1.82) is 0 Å². The molecule has 1 aromatic carbocycles. The van der Waals surface area contributed by atoms with Crippen molar-refractivity contribution in [3.05, 3.63) is 31.7 Å². The van der Waals surface area contributed by atoms with E-state index in [1.54, 1.807) is 0 Å². The molecule has 0 saturated carbocycles. The predicted octanol–water partition coefficient (Wildman–Crippen LogP) is 3.29. The number of nitrogens with two attached hydrogens (primary N) is 1. The van der Waals surface area contributed by atoms with Crippen LogP contribution in [-0.4, -0.2) is 11.7 Å². The molecule has 14 heavy (non-hydrogen) atoms. The highest BCUT2D eigenvalue weighted by Gasteiger charge is 2.19. The van der Waals surface area contributed by atoms with Crippen molar-refractivity contribution in [1.82, 2.24) is 0 Å². The number of rotatable bonds is 2. The first-order valence-electron chi connectivity index (χ1n) is 3.70. The molecule has 1 atom stereocenters. The lowest BCUT2D eigenvalue weighted by Crippen LogP contribution is -2.12. The summed E-state index contributed by atoms with van der Waals surface area (Å²) < 4.78 is 0. The average Bonchev–Trinajstić information content (AvgIpc) is 2.15. The summed E-state index contributed by atoms with van der Waals surface area (Å²) in [7, 11) is 0. The number of hydrogen-bond donors (Lipinski definition) is 2. The van der Waals surface area contributed by atoms with Crippen LogP contribution in [0.3, 0.4) is 0 Å². The third-order valence-electron chi connectivity index (χ3n) is 1.70. The lowest BCUT2D eigenvalue weighted by Gasteiger charge is -2.14. The molecule has 0 heterocycles. The van der Waals surface area contributed by atoms with Gasteiger partial charge in [0.15, 0.2) is 0 Å². The van der Waals surface area contributed by atoms with E-state index >= 15 is 0 Å². The number of hydrogen-bond acceptors (Lipinski definition) is 2. The molecule has 0 spiro atoms. The van der Waals surface area contributed by atoms with E-state index in [1.807, 2.05) is 0 Å². The molecule has 0 aliphatic rings. The van der Waals surface area contributed by atoms with Gasteiger partial charge in [0.1, 0.15) is 0 Å². The Balaban J connectivity index is 3.39.